The number of aromatic amines is 1. The molecular formula is C22H32N4O4S. The van der Waals surface area contributed by atoms with Gasteiger partial charge in [0.1, 0.15) is 0 Å². The van der Waals surface area contributed by atoms with E-state index < -0.39 is 15.6 Å². The molecular weight excluding hydrogens is 416 g/mol. The smallest absolute Gasteiger partial charge is 0.252 e. The van der Waals surface area contributed by atoms with Crippen LogP contribution in [0.3, 0.4) is 0 Å². The van der Waals surface area contributed by atoms with Crippen LogP contribution in [0, 0.1) is 0 Å². The average molecular weight is 449 g/mol. The SMILES string of the molecule is CCN(CC)S(=O)(=O)c1ccc2[nH]c(=O)cc(C(=O)NCCN3CCCCC3C)c2c1. The second-order valence-corrected chi connectivity index (χ2v) is 9.92. The highest BCUT2D eigenvalue weighted by Gasteiger charge is 2.23. The molecule has 1 amide bonds. The minimum Gasteiger partial charge on any atom is -0.351 e. The molecule has 8 nitrogen and oxygen atoms in total. The molecule has 3 rings (SSSR count). The van der Waals surface area contributed by atoms with Gasteiger partial charge in [-0.25, -0.2) is 8.42 Å². The molecule has 1 unspecified atom stereocenters. The van der Waals surface area contributed by atoms with Crippen molar-refractivity contribution in [1.82, 2.24) is 19.5 Å². The van der Waals surface area contributed by atoms with Gasteiger partial charge in [0.2, 0.25) is 15.6 Å². The summed E-state index contributed by atoms with van der Waals surface area (Å²) < 4.78 is 27.2. The molecule has 0 saturated carbocycles. The third-order valence-corrected chi connectivity index (χ3v) is 8.07. The summed E-state index contributed by atoms with van der Waals surface area (Å²) in [6.07, 6.45) is 3.57. The van der Waals surface area contributed by atoms with Crippen LogP contribution in [-0.2, 0) is 10.0 Å². The summed E-state index contributed by atoms with van der Waals surface area (Å²) >= 11 is 0. The molecule has 1 saturated heterocycles. The van der Waals surface area contributed by atoms with E-state index in [0.29, 0.717) is 36.6 Å². The standard InChI is InChI=1S/C22H32N4O4S/c1-4-26(5-2)31(29,30)17-9-10-20-18(14-17)19(15-21(27)24-20)22(28)23-11-13-25-12-7-6-8-16(25)3/h9-10,14-16H,4-8,11-13H2,1-3H3,(H,23,28)(H,24,27). The highest BCUT2D eigenvalue weighted by molar-refractivity contribution is 7.89. The third kappa shape index (κ3) is 5.16. The van der Waals surface area contributed by atoms with Crippen molar-refractivity contribution in [1.29, 1.82) is 0 Å². The Labute approximate surface area is 183 Å². The maximum absolute atomic E-state index is 12.9. The number of H-pyrrole nitrogens is 1. The van der Waals surface area contributed by atoms with Gasteiger partial charge in [-0.05, 0) is 44.5 Å². The van der Waals surface area contributed by atoms with Crippen molar-refractivity contribution in [3.8, 4) is 0 Å². The second-order valence-electron chi connectivity index (χ2n) is 7.98. The van der Waals surface area contributed by atoms with Gasteiger partial charge in [0.25, 0.3) is 5.91 Å². The maximum atomic E-state index is 12.9. The number of pyridine rings is 1. The topological polar surface area (TPSA) is 103 Å². The number of aromatic nitrogens is 1. The third-order valence-electron chi connectivity index (χ3n) is 6.03. The van der Waals surface area contributed by atoms with Crippen LogP contribution in [0.25, 0.3) is 10.9 Å². The first kappa shape index (κ1) is 23.4. The molecule has 1 fully saturated rings. The van der Waals surface area contributed by atoms with Crippen LogP contribution in [0.2, 0.25) is 0 Å². The molecule has 0 bridgehead atoms. The number of rotatable bonds is 8. The number of nitrogens with zero attached hydrogens (tertiary/aromatic N) is 2. The van der Waals surface area contributed by atoms with Gasteiger partial charge in [-0.15, -0.1) is 0 Å². The van der Waals surface area contributed by atoms with Crippen molar-refractivity contribution in [3.05, 3.63) is 40.2 Å². The molecule has 170 valence electrons. The Balaban J connectivity index is 1.86. The minimum atomic E-state index is -3.68. The number of fused-ring (bicyclic) bond motifs is 1. The molecule has 2 heterocycles. The van der Waals surface area contributed by atoms with Crippen molar-refractivity contribution in [2.24, 2.45) is 0 Å². The number of amides is 1. The lowest BCUT2D eigenvalue weighted by Gasteiger charge is -2.33. The summed E-state index contributed by atoms with van der Waals surface area (Å²) in [4.78, 5) is 30.1. The lowest BCUT2D eigenvalue weighted by atomic mass is 10.0. The van der Waals surface area contributed by atoms with Crippen LogP contribution in [0.15, 0.2) is 34.0 Å². The molecule has 9 heteroatoms. The van der Waals surface area contributed by atoms with Gasteiger partial charge in [0.15, 0.2) is 0 Å². The van der Waals surface area contributed by atoms with Gasteiger partial charge in [0.05, 0.1) is 10.5 Å². The zero-order valence-electron chi connectivity index (χ0n) is 18.5. The van der Waals surface area contributed by atoms with Gasteiger partial charge in [0, 0.05) is 49.2 Å². The summed E-state index contributed by atoms with van der Waals surface area (Å²) in [5, 5.41) is 3.31. The van der Waals surface area contributed by atoms with E-state index in [1.807, 2.05) is 0 Å². The minimum absolute atomic E-state index is 0.104. The predicted octanol–water partition coefficient (Wildman–Crippen LogP) is 2.16. The lowest BCUT2D eigenvalue weighted by Crippen LogP contribution is -2.42. The van der Waals surface area contributed by atoms with E-state index in [1.54, 1.807) is 19.9 Å². The molecule has 0 spiro atoms. The van der Waals surface area contributed by atoms with E-state index in [0.717, 1.165) is 19.5 Å². The number of sulfonamides is 1. The fourth-order valence-corrected chi connectivity index (χ4v) is 5.68. The second kappa shape index (κ2) is 9.93. The van der Waals surface area contributed by atoms with Gasteiger partial charge >= 0.3 is 0 Å². The lowest BCUT2D eigenvalue weighted by molar-refractivity contribution is 0.0940. The Bertz CT molecular complexity index is 1090. The number of nitrogens with one attached hydrogen (secondary N) is 2. The van der Waals surface area contributed by atoms with E-state index in [9.17, 15) is 18.0 Å². The Morgan fingerprint density at radius 2 is 1.97 bits per heavy atom. The van der Waals surface area contributed by atoms with Crippen LogP contribution < -0.4 is 10.9 Å². The number of piperidine rings is 1. The number of benzene rings is 1. The van der Waals surface area contributed by atoms with Crippen LogP contribution in [0.4, 0.5) is 0 Å². The van der Waals surface area contributed by atoms with Gasteiger partial charge in [-0.2, -0.15) is 4.31 Å². The van der Waals surface area contributed by atoms with Crippen molar-refractivity contribution >= 4 is 26.8 Å². The van der Waals surface area contributed by atoms with Crippen molar-refractivity contribution < 1.29 is 13.2 Å². The number of hydrogen-bond donors (Lipinski definition) is 2. The van der Waals surface area contributed by atoms with Crippen LogP contribution in [0.1, 0.15) is 50.4 Å². The fourth-order valence-electron chi connectivity index (χ4n) is 4.19. The Morgan fingerprint density at radius 1 is 1.23 bits per heavy atom. The van der Waals surface area contributed by atoms with Gasteiger partial charge in [-0.3, -0.25) is 14.5 Å². The first-order valence-electron chi connectivity index (χ1n) is 11.0. The molecule has 1 aliphatic heterocycles. The van der Waals surface area contributed by atoms with E-state index in [-0.39, 0.29) is 16.4 Å². The summed E-state index contributed by atoms with van der Waals surface area (Å²) in [6.45, 7) is 8.70. The van der Waals surface area contributed by atoms with E-state index in [4.69, 9.17) is 0 Å². The fraction of sp³-hybridized carbons (Fsp3) is 0.545. The number of hydrogen-bond acceptors (Lipinski definition) is 5. The molecule has 1 atom stereocenters. The molecule has 1 aromatic carbocycles. The van der Waals surface area contributed by atoms with Crippen molar-refractivity contribution in [2.45, 2.75) is 51.0 Å². The zero-order chi connectivity index (χ0) is 22.6. The summed E-state index contributed by atoms with van der Waals surface area (Å²) in [5.74, 6) is -0.377. The highest BCUT2D eigenvalue weighted by atomic mass is 32.2. The predicted molar refractivity (Wildman–Crippen MR) is 122 cm³/mol. The summed E-state index contributed by atoms with van der Waals surface area (Å²) in [5.41, 5.74) is 0.212. The molecule has 31 heavy (non-hydrogen) atoms. The Hall–Kier alpha value is -2.23. The molecule has 0 aliphatic carbocycles. The first-order chi connectivity index (χ1) is 14.8. The van der Waals surface area contributed by atoms with Gasteiger partial charge < -0.3 is 10.3 Å². The monoisotopic (exact) mass is 448 g/mol. The van der Waals surface area contributed by atoms with Crippen LogP contribution >= 0.6 is 0 Å². The van der Waals surface area contributed by atoms with Crippen molar-refractivity contribution in [3.63, 3.8) is 0 Å². The molecule has 1 aromatic heterocycles. The van der Waals surface area contributed by atoms with Gasteiger partial charge in [-0.1, -0.05) is 20.3 Å². The highest BCUT2D eigenvalue weighted by Crippen LogP contribution is 2.23. The van der Waals surface area contributed by atoms with E-state index in [1.165, 1.54) is 35.3 Å². The maximum Gasteiger partial charge on any atom is 0.252 e. The average Bonchev–Trinajstić information content (AvgIpc) is 2.74. The summed E-state index contributed by atoms with van der Waals surface area (Å²) in [7, 11) is -3.68. The number of likely N-dealkylation sites (tertiary alicyclic amines) is 1. The molecule has 1 aliphatic rings. The quantitative estimate of drug-likeness (QED) is 0.644. The molecule has 0 radical (unpaired) electrons. The molecule has 2 N–H and O–H groups in total. The van der Waals surface area contributed by atoms with E-state index >= 15 is 0 Å². The Morgan fingerprint density at radius 3 is 2.65 bits per heavy atom. The number of carbonyl (C=O) groups excluding carboxylic acids is 1. The number of carbonyl (C=O) groups is 1. The van der Waals surface area contributed by atoms with E-state index in [2.05, 4.69) is 22.1 Å². The Kier molecular flexibility index (Phi) is 7.51. The first-order valence-corrected chi connectivity index (χ1v) is 12.4. The van der Waals surface area contributed by atoms with Crippen LogP contribution in [-0.4, -0.2) is 67.3 Å². The zero-order valence-corrected chi connectivity index (χ0v) is 19.3. The normalized spacial score (nSPS) is 17.9. The summed E-state index contributed by atoms with van der Waals surface area (Å²) in [6, 6.07) is 6.21. The largest absolute Gasteiger partial charge is 0.351 e. The molecule has 2 aromatic rings. The van der Waals surface area contributed by atoms with Crippen LogP contribution in [0.5, 0.6) is 0 Å². The van der Waals surface area contributed by atoms with Crippen molar-refractivity contribution in [2.75, 3.05) is 32.7 Å².